The van der Waals surface area contributed by atoms with Gasteiger partial charge in [-0.15, -0.1) is 0 Å². The fourth-order valence-electron chi connectivity index (χ4n) is 4.69. The van der Waals surface area contributed by atoms with Gasteiger partial charge in [-0.25, -0.2) is 12.7 Å². The molecule has 0 atom stereocenters. The Kier molecular flexibility index (Phi) is 6.81. The average Bonchev–Trinajstić information content (AvgIpc) is 2.79. The normalized spacial score (nSPS) is 18.4. The minimum absolute atomic E-state index is 0.0362. The summed E-state index contributed by atoms with van der Waals surface area (Å²) in [5, 5.41) is 3.03. The molecule has 0 radical (unpaired) electrons. The van der Waals surface area contributed by atoms with Crippen LogP contribution in [-0.2, 0) is 10.0 Å². The van der Waals surface area contributed by atoms with Crippen molar-refractivity contribution in [2.75, 3.05) is 61.1 Å². The van der Waals surface area contributed by atoms with Gasteiger partial charge in [-0.2, -0.15) is 0 Å². The first-order valence-corrected chi connectivity index (χ1v) is 13.3. The highest BCUT2D eigenvalue weighted by Gasteiger charge is 2.26. The van der Waals surface area contributed by atoms with Crippen molar-refractivity contribution in [3.8, 4) is 0 Å². The number of nitrogens with zero attached hydrogens (tertiary/aromatic N) is 3. The van der Waals surface area contributed by atoms with Crippen molar-refractivity contribution in [3.05, 3.63) is 53.6 Å². The number of hydrogen-bond donors (Lipinski definition) is 2. The van der Waals surface area contributed by atoms with Gasteiger partial charge in [0.2, 0.25) is 10.0 Å². The second-order valence-corrected chi connectivity index (χ2v) is 10.9. The number of benzene rings is 2. The van der Waals surface area contributed by atoms with Crippen molar-refractivity contribution in [3.63, 3.8) is 0 Å². The molecule has 3 N–H and O–H groups in total. The van der Waals surface area contributed by atoms with Gasteiger partial charge >= 0.3 is 0 Å². The third kappa shape index (κ3) is 5.42. The number of carbonyl (C=O) groups is 1. The summed E-state index contributed by atoms with van der Waals surface area (Å²) in [5.41, 5.74) is 11.0. The minimum atomic E-state index is -3.18. The molecule has 2 aliphatic heterocycles. The number of nitrogens with two attached hydrogens (primary N) is 1. The molecule has 33 heavy (non-hydrogen) atoms. The van der Waals surface area contributed by atoms with E-state index in [0.29, 0.717) is 37.2 Å². The molecule has 2 aromatic carbocycles. The Bertz CT molecular complexity index is 1100. The lowest BCUT2D eigenvalue weighted by Gasteiger charge is -2.38. The minimum Gasteiger partial charge on any atom is -0.397 e. The van der Waals surface area contributed by atoms with Gasteiger partial charge in [-0.05, 0) is 49.6 Å². The number of para-hydroxylation sites is 1. The highest BCUT2D eigenvalue weighted by Crippen LogP contribution is 2.28. The van der Waals surface area contributed by atoms with Crippen LogP contribution in [0.4, 0.5) is 17.1 Å². The molecule has 2 heterocycles. The van der Waals surface area contributed by atoms with Crippen molar-refractivity contribution in [1.29, 1.82) is 0 Å². The Hall–Kier alpha value is -2.78. The lowest BCUT2D eigenvalue weighted by molar-refractivity contribution is 0.0924. The standard InChI is InChI=1S/C24H33N5O3S/c1-18-5-3-4-6-22(18)27-13-15-28(16-14-27)23-8-7-19(17-21(23)25)24(30)26-20-9-11-29(12-10-20)33(2,31)32/h3-8,17,20H,9-16,25H2,1-2H3,(H,26,30). The first-order valence-electron chi connectivity index (χ1n) is 11.4. The lowest BCUT2D eigenvalue weighted by atomic mass is 10.1. The SMILES string of the molecule is Cc1ccccc1N1CCN(c2ccc(C(=O)NC3CCN(S(C)(=O)=O)CC3)cc2N)CC1. The molecule has 2 aromatic rings. The summed E-state index contributed by atoms with van der Waals surface area (Å²) in [6.45, 7) is 6.56. The van der Waals surface area contributed by atoms with Gasteiger partial charge in [-0.1, -0.05) is 18.2 Å². The number of sulfonamides is 1. The summed E-state index contributed by atoms with van der Waals surface area (Å²) in [6, 6.07) is 13.9. The average molecular weight is 472 g/mol. The van der Waals surface area contributed by atoms with Crippen LogP contribution in [0.2, 0.25) is 0 Å². The van der Waals surface area contributed by atoms with E-state index in [1.54, 1.807) is 6.07 Å². The zero-order chi connectivity index (χ0) is 23.6. The number of piperazine rings is 1. The number of piperidine rings is 1. The second kappa shape index (κ2) is 9.61. The quantitative estimate of drug-likeness (QED) is 0.648. The molecule has 0 unspecified atom stereocenters. The van der Waals surface area contributed by atoms with Crippen LogP contribution in [0.5, 0.6) is 0 Å². The van der Waals surface area contributed by atoms with Gasteiger partial charge in [-0.3, -0.25) is 4.79 Å². The smallest absolute Gasteiger partial charge is 0.251 e. The predicted octanol–water partition coefficient (Wildman–Crippen LogP) is 2.06. The summed E-state index contributed by atoms with van der Waals surface area (Å²) in [7, 11) is -3.18. The van der Waals surface area contributed by atoms with E-state index < -0.39 is 10.0 Å². The maximum absolute atomic E-state index is 12.7. The van der Waals surface area contributed by atoms with Crippen molar-refractivity contribution in [2.24, 2.45) is 0 Å². The van der Waals surface area contributed by atoms with E-state index in [1.807, 2.05) is 12.1 Å². The topological polar surface area (TPSA) is 99.0 Å². The molecule has 0 bridgehead atoms. The van der Waals surface area contributed by atoms with E-state index in [2.05, 4.69) is 46.3 Å². The predicted molar refractivity (Wildman–Crippen MR) is 133 cm³/mol. The largest absolute Gasteiger partial charge is 0.397 e. The summed E-state index contributed by atoms with van der Waals surface area (Å²) in [5.74, 6) is -0.171. The molecule has 0 aliphatic carbocycles. The van der Waals surface area contributed by atoms with Gasteiger partial charge in [0.1, 0.15) is 0 Å². The number of hydrogen-bond acceptors (Lipinski definition) is 6. The third-order valence-corrected chi connectivity index (χ3v) is 7.93. The van der Waals surface area contributed by atoms with E-state index in [1.165, 1.54) is 21.8 Å². The Morgan fingerprint density at radius 1 is 0.939 bits per heavy atom. The number of carbonyl (C=O) groups excluding carboxylic acids is 1. The molecule has 9 heteroatoms. The molecule has 8 nitrogen and oxygen atoms in total. The molecule has 178 valence electrons. The van der Waals surface area contributed by atoms with Crippen LogP contribution in [0, 0.1) is 6.92 Å². The van der Waals surface area contributed by atoms with E-state index in [9.17, 15) is 13.2 Å². The maximum atomic E-state index is 12.7. The first kappa shape index (κ1) is 23.4. The first-order chi connectivity index (χ1) is 15.7. The Morgan fingerprint density at radius 2 is 1.55 bits per heavy atom. The maximum Gasteiger partial charge on any atom is 0.251 e. The fourth-order valence-corrected chi connectivity index (χ4v) is 5.56. The van der Waals surface area contributed by atoms with Crippen molar-refractivity contribution in [2.45, 2.75) is 25.8 Å². The Balaban J connectivity index is 1.34. The van der Waals surface area contributed by atoms with E-state index in [0.717, 1.165) is 31.9 Å². The molecule has 0 aromatic heterocycles. The van der Waals surface area contributed by atoms with Crippen LogP contribution >= 0.6 is 0 Å². The molecule has 2 fully saturated rings. The van der Waals surface area contributed by atoms with Crippen molar-refractivity contribution >= 4 is 33.0 Å². The monoisotopic (exact) mass is 471 g/mol. The molecular formula is C24H33N5O3S. The third-order valence-electron chi connectivity index (χ3n) is 6.62. The van der Waals surface area contributed by atoms with E-state index in [4.69, 9.17) is 5.73 Å². The van der Waals surface area contributed by atoms with Gasteiger partial charge in [0, 0.05) is 56.6 Å². The number of amides is 1. The molecule has 4 rings (SSSR count). The Morgan fingerprint density at radius 3 is 2.12 bits per heavy atom. The van der Waals surface area contributed by atoms with Crippen LogP contribution in [0.3, 0.4) is 0 Å². The Labute approximate surface area is 196 Å². The van der Waals surface area contributed by atoms with Crippen molar-refractivity contribution in [1.82, 2.24) is 9.62 Å². The van der Waals surface area contributed by atoms with Crippen LogP contribution < -0.4 is 20.9 Å². The zero-order valence-corrected chi connectivity index (χ0v) is 20.1. The number of aryl methyl sites for hydroxylation is 1. The molecule has 2 saturated heterocycles. The number of nitrogen functional groups attached to an aromatic ring is 1. The van der Waals surface area contributed by atoms with Crippen LogP contribution in [0.15, 0.2) is 42.5 Å². The number of nitrogens with one attached hydrogen (secondary N) is 1. The summed E-state index contributed by atoms with van der Waals surface area (Å²) in [4.78, 5) is 17.4. The summed E-state index contributed by atoms with van der Waals surface area (Å²) >= 11 is 0. The van der Waals surface area contributed by atoms with Crippen molar-refractivity contribution < 1.29 is 13.2 Å². The van der Waals surface area contributed by atoms with Gasteiger partial charge in [0.15, 0.2) is 0 Å². The number of rotatable bonds is 5. The van der Waals surface area contributed by atoms with E-state index >= 15 is 0 Å². The highest BCUT2D eigenvalue weighted by molar-refractivity contribution is 7.88. The molecule has 2 aliphatic rings. The number of anilines is 3. The molecule has 1 amide bonds. The summed E-state index contributed by atoms with van der Waals surface area (Å²) in [6.07, 6.45) is 2.44. The lowest BCUT2D eigenvalue weighted by Crippen LogP contribution is -2.47. The molecular weight excluding hydrogens is 438 g/mol. The van der Waals surface area contributed by atoms with Gasteiger partial charge in [0.05, 0.1) is 17.6 Å². The summed E-state index contributed by atoms with van der Waals surface area (Å²) < 4.78 is 24.8. The fraction of sp³-hybridized carbons (Fsp3) is 0.458. The van der Waals surface area contributed by atoms with Crippen LogP contribution in [0.1, 0.15) is 28.8 Å². The van der Waals surface area contributed by atoms with Gasteiger partial charge in [0.25, 0.3) is 5.91 Å². The molecule has 0 saturated carbocycles. The van der Waals surface area contributed by atoms with Crippen LogP contribution in [-0.4, -0.2) is 70.2 Å². The van der Waals surface area contributed by atoms with E-state index in [-0.39, 0.29) is 11.9 Å². The zero-order valence-electron chi connectivity index (χ0n) is 19.3. The molecule has 0 spiro atoms. The highest BCUT2D eigenvalue weighted by atomic mass is 32.2. The van der Waals surface area contributed by atoms with Crippen LogP contribution in [0.25, 0.3) is 0 Å². The second-order valence-electron chi connectivity index (χ2n) is 8.94. The van der Waals surface area contributed by atoms with Gasteiger partial charge < -0.3 is 20.9 Å².